The summed E-state index contributed by atoms with van der Waals surface area (Å²) in [6.07, 6.45) is -1.72. The number of aromatic nitrogens is 3. The van der Waals surface area contributed by atoms with Gasteiger partial charge in [0, 0.05) is 25.2 Å². The van der Waals surface area contributed by atoms with Gasteiger partial charge in [-0.1, -0.05) is 42.5 Å². The highest BCUT2D eigenvalue weighted by molar-refractivity contribution is 5.93. The Morgan fingerprint density at radius 2 is 1.84 bits per heavy atom. The number of rotatable bonds is 7. The summed E-state index contributed by atoms with van der Waals surface area (Å²) in [5.41, 5.74) is 5.35. The lowest BCUT2D eigenvalue weighted by Crippen LogP contribution is -2.60. The fraction of sp³-hybridized carbons (Fsp3) is 0.385. The normalized spacial score (nSPS) is 24.0. The minimum absolute atomic E-state index is 0.156. The average molecular weight is 516 g/mol. The number of hydrogen-bond donors (Lipinski definition) is 2. The molecular weight excluding hydrogens is 490 g/mol. The molecule has 37 heavy (non-hydrogen) atoms. The number of halogens is 4. The van der Waals surface area contributed by atoms with E-state index in [1.165, 1.54) is 18.3 Å². The third kappa shape index (κ3) is 4.47. The summed E-state index contributed by atoms with van der Waals surface area (Å²) in [6, 6.07) is 12.7. The van der Waals surface area contributed by atoms with Crippen LogP contribution in [0, 0.1) is 5.82 Å². The quantitative estimate of drug-likeness (QED) is 0.469. The van der Waals surface area contributed by atoms with Gasteiger partial charge >= 0.3 is 0 Å². The number of benzene rings is 2. The zero-order valence-corrected chi connectivity index (χ0v) is 19.7. The van der Waals surface area contributed by atoms with Crippen LogP contribution in [-0.2, 0) is 16.0 Å². The van der Waals surface area contributed by atoms with Gasteiger partial charge < -0.3 is 10.6 Å². The summed E-state index contributed by atoms with van der Waals surface area (Å²) in [5, 5.41) is 9.94. The van der Waals surface area contributed by atoms with Crippen LogP contribution < -0.4 is 5.73 Å². The highest BCUT2D eigenvalue weighted by Gasteiger charge is 2.58. The summed E-state index contributed by atoms with van der Waals surface area (Å²) in [5.74, 6) is -6.66. The van der Waals surface area contributed by atoms with Crippen LogP contribution in [0.2, 0.25) is 0 Å². The molecule has 3 N–H and O–H groups in total. The van der Waals surface area contributed by atoms with E-state index in [4.69, 9.17) is 5.73 Å². The highest BCUT2D eigenvalue weighted by Crippen LogP contribution is 2.50. The molecule has 2 heterocycles. The van der Waals surface area contributed by atoms with Crippen molar-refractivity contribution in [3.8, 4) is 0 Å². The molecule has 194 valence electrons. The number of nitrogens with one attached hydrogen (secondary N) is 1. The van der Waals surface area contributed by atoms with Gasteiger partial charge in [0.05, 0.1) is 24.9 Å². The number of nitrogens with two attached hydrogens (primary N) is 1. The molecule has 7 nitrogen and oxygen atoms in total. The first kappa shape index (κ1) is 24.9. The first-order valence-electron chi connectivity index (χ1n) is 11.9. The number of primary amides is 1. The Morgan fingerprint density at radius 1 is 1.11 bits per heavy atom. The Kier molecular flexibility index (Phi) is 6.25. The molecule has 5 rings (SSSR count). The third-order valence-electron chi connectivity index (χ3n) is 7.42. The van der Waals surface area contributed by atoms with Gasteiger partial charge in [0.1, 0.15) is 17.5 Å². The first-order chi connectivity index (χ1) is 17.6. The molecule has 2 amide bonds. The topological polar surface area (TPSA) is 105 Å². The Balaban J connectivity index is 1.60. The summed E-state index contributed by atoms with van der Waals surface area (Å²) in [7, 11) is 0. The van der Waals surface area contributed by atoms with Crippen LogP contribution in [0.5, 0.6) is 0 Å². The Bertz CT molecular complexity index is 1300. The number of amides is 2. The van der Waals surface area contributed by atoms with E-state index in [1.54, 1.807) is 36.4 Å². The molecule has 2 aliphatic rings. The van der Waals surface area contributed by atoms with Crippen LogP contribution in [0.3, 0.4) is 0 Å². The lowest BCUT2D eigenvalue weighted by Gasteiger charge is -2.42. The summed E-state index contributed by atoms with van der Waals surface area (Å²) in [6.45, 7) is -0.374. The maximum atomic E-state index is 15.3. The number of H-pyrrole nitrogens is 1. The first-order valence-corrected chi connectivity index (χ1v) is 11.9. The molecule has 0 bridgehead atoms. The van der Waals surface area contributed by atoms with Crippen LogP contribution in [0.4, 0.5) is 17.6 Å². The molecule has 1 saturated carbocycles. The fourth-order valence-electron chi connectivity index (χ4n) is 5.73. The number of likely N-dealkylation sites (tertiary alicyclic amines) is 1. The van der Waals surface area contributed by atoms with E-state index in [0.29, 0.717) is 11.3 Å². The van der Waals surface area contributed by atoms with Crippen molar-refractivity contribution in [3.63, 3.8) is 0 Å². The summed E-state index contributed by atoms with van der Waals surface area (Å²) >= 11 is 0. The molecule has 2 fully saturated rings. The molecule has 1 aliphatic heterocycles. The number of alkyl halides is 3. The van der Waals surface area contributed by atoms with E-state index >= 15 is 8.78 Å². The van der Waals surface area contributed by atoms with E-state index in [0.717, 1.165) is 4.90 Å². The van der Waals surface area contributed by atoms with Gasteiger partial charge in [0.2, 0.25) is 17.7 Å². The van der Waals surface area contributed by atoms with E-state index in [9.17, 15) is 18.4 Å². The average Bonchev–Trinajstić information content (AvgIpc) is 3.47. The van der Waals surface area contributed by atoms with Crippen molar-refractivity contribution in [1.29, 1.82) is 0 Å². The van der Waals surface area contributed by atoms with E-state index in [1.807, 2.05) is 0 Å². The lowest BCUT2D eigenvalue weighted by molar-refractivity contribution is -0.144. The van der Waals surface area contributed by atoms with Gasteiger partial charge in [-0.3, -0.25) is 9.59 Å². The molecular formula is C26H25F4N5O2. The Hall–Kier alpha value is -3.76. The maximum absolute atomic E-state index is 15.3. The smallest absolute Gasteiger partial charge is 0.249 e. The predicted molar refractivity (Wildman–Crippen MR) is 125 cm³/mol. The fourth-order valence-corrected chi connectivity index (χ4v) is 5.73. The van der Waals surface area contributed by atoms with Crippen molar-refractivity contribution in [2.45, 2.75) is 55.2 Å². The minimum atomic E-state index is -2.82. The van der Waals surface area contributed by atoms with E-state index in [2.05, 4.69) is 15.4 Å². The van der Waals surface area contributed by atoms with Crippen molar-refractivity contribution in [1.82, 2.24) is 20.3 Å². The zero-order chi connectivity index (χ0) is 26.4. The van der Waals surface area contributed by atoms with E-state index in [-0.39, 0.29) is 30.5 Å². The number of carbonyl (C=O) groups excluding carboxylic acids is 2. The van der Waals surface area contributed by atoms with Gasteiger partial charge in [0.15, 0.2) is 0 Å². The van der Waals surface area contributed by atoms with Crippen LogP contribution in [0.25, 0.3) is 0 Å². The molecule has 0 spiro atoms. The van der Waals surface area contributed by atoms with Crippen molar-refractivity contribution in [2.24, 2.45) is 5.73 Å². The zero-order valence-electron chi connectivity index (χ0n) is 19.7. The predicted octanol–water partition coefficient (Wildman–Crippen LogP) is 3.63. The molecule has 0 radical (unpaired) electrons. The second kappa shape index (κ2) is 9.28. The largest absolute Gasteiger partial charge is 0.368 e. The number of aromatic amines is 1. The van der Waals surface area contributed by atoms with Gasteiger partial charge in [-0.25, -0.2) is 17.6 Å². The minimum Gasteiger partial charge on any atom is -0.368 e. The molecule has 1 saturated heterocycles. The van der Waals surface area contributed by atoms with Crippen molar-refractivity contribution in [3.05, 3.63) is 82.9 Å². The second-order valence-corrected chi connectivity index (χ2v) is 9.82. The van der Waals surface area contributed by atoms with Crippen molar-refractivity contribution >= 4 is 11.8 Å². The van der Waals surface area contributed by atoms with Crippen molar-refractivity contribution in [2.75, 3.05) is 6.54 Å². The maximum Gasteiger partial charge on any atom is 0.249 e. The molecule has 1 aromatic heterocycles. The van der Waals surface area contributed by atoms with Crippen molar-refractivity contribution < 1.29 is 27.2 Å². The van der Waals surface area contributed by atoms with Gasteiger partial charge in [0.25, 0.3) is 0 Å². The van der Waals surface area contributed by atoms with Gasteiger partial charge in [-0.2, -0.15) is 15.4 Å². The molecule has 11 heteroatoms. The molecule has 3 aromatic rings. The number of nitrogens with zero attached hydrogens (tertiary/aromatic N) is 3. The van der Waals surface area contributed by atoms with Crippen LogP contribution in [-0.4, -0.2) is 56.3 Å². The molecule has 1 aliphatic carbocycles. The highest BCUT2D eigenvalue weighted by atomic mass is 19.3. The molecule has 3 atom stereocenters. The van der Waals surface area contributed by atoms with Gasteiger partial charge in [-0.05, 0) is 28.7 Å². The van der Waals surface area contributed by atoms with Gasteiger partial charge in [-0.15, -0.1) is 0 Å². The third-order valence-corrected chi connectivity index (χ3v) is 7.42. The number of hydrogen-bond acceptors (Lipinski definition) is 4. The van der Waals surface area contributed by atoms with Crippen LogP contribution in [0.1, 0.15) is 53.5 Å². The number of carbonyl (C=O) groups is 2. The SMILES string of the molecule is NC(=O)C1([C@@H](c2ccccc2)c2ccc(C3CC(F)(F)C3)c(F)c2)CC(F)CN1C(=O)Cc1cn[nH]n1. The van der Waals surface area contributed by atoms with Crippen LogP contribution in [0.15, 0.2) is 54.7 Å². The summed E-state index contributed by atoms with van der Waals surface area (Å²) in [4.78, 5) is 27.7. The molecule has 2 aromatic carbocycles. The molecule has 2 unspecified atom stereocenters. The Labute approximate surface area is 210 Å². The van der Waals surface area contributed by atoms with Crippen LogP contribution >= 0.6 is 0 Å². The summed E-state index contributed by atoms with van der Waals surface area (Å²) < 4.78 is 57.2. The lowest BCUT2D eigenvalue weighted by atomic mass is 9.71. The second-order valence-electron chi connectivity index (χ2n) is 9.82. The Morgan fingerprint density at radius 3 is 2.43 bits per heavy atom. The van der Waals surface area contributed by atoms with E-state index < -0.39 is 59.9 Å². The monoisotopic (exact) mass is 515 g/mol. The standard InChI is InChI=1S/C26H25F4N5O2/c27-18-12-26(24(31)37,35(14-18)22(36)9-19-13-32-34-33-19)23(15-4-2-1-3-5-15)16-6-7-20(21(28)8-16)17-10-25(29,30)11-17/h1-8,13,17-18,23H,9-12,14H2,(H2,31,37)(H,32,33,34)/t18?,23-,26?/m0/s1.